The molecule has 0 bridgehead atoms. The van der Waals surface area contributed by atoms with Crippen LogP contribution < -0.4 is 19.3 Å². The Kier molecular flexibility index (Phi) is 8.69. The van der Waals surface area contributed by atoms with Gasteiger partial charge in [-0.25, -0.2) is 9.37 Å². The summed E-state index contributed by atoms with van der Waals surface area (Å²) in [5.41, 5.74) is 3.75. The molecular formula is C34H38FN5O3. The molecule has 0 aliphatic carbocycles. The van der Waals surface area contributed by atoms with E-state index in [-0.39, 0.29) is 12.6 Å². The monoisotopic (exact) mass is 583 g/mol. The van der Waals surface area contributed by atoms with Crippen molar-refractivity contribution in [1.29, 1.82) is 0 Å². The van der Waals surface area contributed by atoms with Crippen molar-refractivity contribution in [1.82, 2.24) is 14.9 Å². The van der Waals surface area contributed by atoms with E-state index in [1.165, 1.54) is 38.4 Å². The number of halogens is 1. The number of aromatic nitrogens is 2. The molecule has 4 heterocycles. The van der Waals surface area contributed by atoms with E-state index < -0.39 is 5.82 Å². The van der Waals surface area contributed by atoms with Crippen LogP contribution in [0, 0.1) is 5.82 Å². The maximum absolute atomic E-state index is 15.9. The van der Waals surface area contributed by atoms with Gasteiger partial charge >= 0.3 is 0 Å². The summed E-state index contributed by atoms with van der Waals surface area (Å²) >= 11 is 0. The Hall–Kier alpha value is -4.24. The van der Waals surface area contributed by atoms with Gasteiger partial charge in [-0.3, -0.25) is 9.78 Å². The van der Waals surface area contributed by atoms with Crippen LogP contribution in [-0.2, 0) is 11.2 Å². The Labute approximate surface area is 252 Å². The fourth-order valence-electron chi connectivity index (χ4n) is 6.15. The van der Waals surface area contributed by atoms with E-state index in [4.69, 9.17) is 9.47 Å². The molecule has 1 atom stereocenters. The summed E-state index contributed by atoms with van der Waals surface area (Å²) in [4.78, 5) is 27.9. The van der Waals surface area contributed by atoms with E-state index in [0.717, 1.165) is 30.6 Å². The summed E-state index contributed by atoms with van der Waals surface area (Å²) in [5, 5.41) is 0.600. The van der Waals surface area contributed by atoms with Gasteiger partial charge < -0.3 is 24.2 Å². The van der Waals surface area contributed by atoms with E-state index >= 15 is 4.39 Å². The first-order valence-corrected chi connectivity index (χ1v) is 15.1. The van der Waals surface area contributed by atoms with Crippen molar-refractivity contribution in [3.05, 3.63) is 72.3 Å². The van der Waals surface area contributed by atoms with Gasteiger partial charge in [0.1, 0.15) is 18.2 Å². The number of rotatable bonds is 10. The zero-order chi connectivity index (χ0) is 29.8. The molecule has 1 saturated heterocycles. The first-order chi connectivity index (χ1) is 21.0. The van der Waals surface area contributed by atoms with Gasteiger partial charge in [-0.05, 0) is 50.4 Å². The lowest BCUT2D eigenvalue weighted by molar-refractivity contribution is -0.108. The number of piperidine rings is 1. The Morgan fingerprint density at radius 3 is 2.60 bits per heavy atom. The van der Waals surface area contributed by atoms with Gasteiger partial charge in [-0.1, -0.05) is 36.8 Å². The lowest BCUT2D eigenvalue weighted by atomic mass is 10.00. The Morgan fingerprint density at radius 1 is 1.07 bits per heavy atom. The van der Waals surface area contributed by atoms with Gasteiger partial charge in [0.25, 0.3) is 0 Å². The van der Waals surface area contributed by atoms with Crippen LogP contribution in [0.4, 0.5) is 15.8 Å². The molecule has 2 aliphatic rings. The highest BCUT2D eigenvalue weighted by Gasteiger charge is 2.33. The molecule has 9 heteroatoms. The quantitative estimate of drug-likeness (QED) is 0.175. The average molecular weight is 584 g/mol. The number of pyridine rings is 2. The summed E-state index contributed by atoms with van der Waals surface area (Å²) in [6, 6.07) is 14.7. The number of nitrogens with zero attached hydrogens (tertiary/aromatic N) is 5. The molecule has 0 spiro atoms. The van der Waals surface area contributed by atoms with E-state index in [1.807, 2.05) is 55.4 Å². The third-order valence-electron chi connectivity index (χ3n) is 8.34. The molecule has 2 aromatic carbocycles. The third kappa shape index (κ3) is 6.13. The van der Waals surface area contributed by atoms with Gasteiger partial charge in [0.2, 0.25) is 12.3 Å². The van der Waals surface area contributed by atoms with Crippen LogP contribution in [0.2, 0.25) is 0 Å². The van der Waals surface area contributed by atoms with Crippen molar-refractivity contribution < 1.29 is 18.7 Å². The van der Waals surface area contributed by atoms with Crippen molar-refractivity contribution in [2.24, 2.45) is 0 Å². The molecule has 224 valence electrons. The molecule has 8 nitrogen and oxygen atoms in total. The SMILES string of the molecule is CN(C)c1cnc2cc(F)c(-c3ccc(OCCCN4CCCCC4)nc3)c3c2c1N(C=O)[C@@H](Cc1ccccc1)CO3. The summed E-state index contributed by atoms with van der Waals surface area (Å²) < 4.78 is 28.2. The smallest absolute Gasteiger partial charge is 0.214 e. The van der Waals surface area contributed by atoms with E-state index in [1.54, 1.807) is 23.4 Å². The first kappa shape index (κ1) is 28.9. The highest BCUT2D eigenvalue weighted by atomic mass is 19.1. The van der Waals surface area contributed by atoms with Crippen molar-refractivity contribution in [2.75, 3.05) is 56.7 Å². The largest absolute Gasteiger partial charge is 0.490 e. The molecule has 0 unspecified atom stereocenters. The molecule has 1 amide bonds. The van der Waals surface area contributed by atoms with Crippen molar-refractivity contribution in [3.63, 3.8) is 0 Å². The molecule has 0 radical (unpaired) electrons. The fraction of sp³-hybridized carbons (Fsp3) is 0.382. The molecule has 4 aromatic rings. The third-order valence-corrected chi connectivity index (χ3v) is 8.34. The molecule has 43 heavy (non-hydrogen) atoms. The zero-order valence-corrected chi connectivity index (χ0v) is 24.8. The molecule has 0 saturated carbocycles. The summed E-state index contributed by atoms with van der Waals surface area (Å²) in [5.74, 6) is 0.401. The van der Waals surface area contributed by atoms with Crippen molar-refractivity contribution >= 4 is 28.7 Å². The van der Waals surface area contributed by atoms with Crippen LogP contribution in [0.1, 0.15) is 31.2 Å². The first-order valence-electron chi connectivity index (χ1n) is 15.1. The predicted octanol–water partition coefficient (Wildman–Crippen LogP) is 5.72. The summed E-state index contributed by atoms with van der Waals surface area (Å²) in [6.45, 7) is 4.12. The average Bonchev–Trinajstić information content (AvgIpc) is 3.18. The minimum Gasteiger partial charge on any atom is -0.490 e. The number of hydrogen-bond acceptors (Lipinski definition) is 7. The van der Waals surface area contributed by atoms with Crippen LogP contribution in [-0.4, -0.2) is 74.3 Å². The number of hydrogen-bond donors (Lipinski definition) is 0. The number of carbonyl (C=O) groups is 1. The molecule has 2 aliphatic heterocycles. The second kappa shape index (κ2) is 13.0. The van der Waals surface area contributed by atoms with Gasteiger partial charge in [0, 0.05) is 44.5 Å². The van der Waals surface area contributed by atoms with E-state index in [0.29, 0.717) is 52.4 Å². The highest BCUT2D eigenvalue weighted by molar-refractivity contribution is 6.09. The number of benzene rings is 2. The Balaban J connectivity index is 1.32. The fourth-order valence-corrected chi connectivity index (χ4v) is 6.15. The van der Waals surface area contributed by atoms with Crippen LogP contribution in [0.5, 0.6) is 11.6 Å². The van der Waals surface area contributed by atoms with Crippen molar-refractivity contribution in [2.45, 2.75) is 38.1 Å². The van der Waals surface area contributed by atoms with E-state index in [9.17, 15) is 4.79 Å². The second-order valence-electron chi connectivity index (χ2n) is 11.5. The van der Waals surface area contributed by atoms with Gasteiger partial charge in [0.05, 0.1) is 46.7 Å². The molecule has 0 N–H and O–H groups in total. The van der Waals surface area contributed by atoms with Crippen molar-refractivity contribution in [3.8, 4) is 22.8 Å². The van der Waals surface area contributed by atoms with Crippen LogP contribution >= 0.6 is 0 Å². The van der Waals surface area contributed by atoms with Gasteiger partial charge in [-0.15, -0.1) is 0 Å². The van der Waals surface area contributed by atoms with Crippen LogP contribution in [0.25, 0.3) is 22.0 Å². The van der Waals surface area contributed by atoms with E-state index in [2.05, 4.69) is 14.9 Å². The Bertz CT molecular complexity index is 1560. The number of likely N-dealkylation sites (tertiary alicyclic amines) is 1. The second-order valence-corrected chi connectivity index (χ2v) is 11.5. The minimum atomic E-state index is -0.463. The molecule has 6 rings (SSSR count). The lowest BCUT2D eigenvalue weighted by Gasteiger charge is -2.29. The number of anilines is 2. The van der Waals surface area contributed by atoms with Gasteiger partial charge in [-0.2, -0.15) is 0 Å². The highest BCUT2D eigenvalue weighted by Crippen LogP contribution is 2.48. The van der Waals surface area contributed by atoms with Crippen LogP contribution in [0.15, 0.2) is 60.9 Å². The number of ether oxygens (including phenoxy) is 2. The predicted molar refractivity (Wildman–Crippen MR) is 168 cm³/mol. The standard InChI is InChI=1S/C34H38FN5O3/c1-38(2)29-21-36-28-19-27(35)31(25-12-13-30(37-20-25)42-17-9-16-39-14-7-4-8-15-39)34-32(28)33(29)40(23-41)26(22-43-34)18-24-10-5-3-6-11-24/h3,5-6,10-13,19-21,23,26H,4,7-9,14-18,22H2,1-2H3/t26-/m0/s1. The zero-order valence-electron chi connectivity index (χ0n) is 24.8. The molecule has 2 aromatic heterocycles. The number of amides is 1. The lowest BCUT2D eigenvalue weighted by Crippen LogP contribution is -2.40. The topological polar surface area (TPSA) is 71.0 Å². The molecular weight excluding hydrogens is 545 g/mol. The number of carbonyl (C=O) groups excluding carboxylic acids is 1. The maximum Gasteiger partial charge on any atom is 0.214 e. The molecule has 1 fully saturated rings. The maximum atomic E-state index is 15.9. The van der Waals surface area contributed by atoms with Gasteiger partial charge in [0.15, 0.2) is 0 Å². The summed E-state index contributed by atoms with van der Waals surface area (Å²) in [6.07, 6.45) is 9.53. The van der Waals surface area contributed by atoms with Crippen LogP contribution in [0.3, 0.4) is 0 Å². The Morgan fingerprint density at radius 2 is 1.88 bits per heavy atom. The normalized spacial score (nSPS) is 16.9. The minimum absolute atomic E-state index is 0.187. The summed E-state index contributed by atoms with van der Waals surface area (Å²) in [7, 11) is 3.80.